The highest BCUT2D eigenvalue weighted by Crippen LogP contribution is 2.20. The number of rotatable bonds is 3. The van der Waals surface area contributed by atoms with Crippen LogP contribution >= 0.6 is 0 Å². The molecule has 0 aliphatic carbocycles. The third-order valence-electron chi connectivity index (χ3n) is 3.44. The first-order chi connectivity index (χ1) is 10.3. The maximum Gasteiger partial charge on any atom is 0.409 e. The number of carbonyl (C=O) groups is 1. The molecule has 0 radical (unpaired) electrons. The molecule has 1 amide bonds. The number of benzene rings is 1. The minimum atomic E-state index is -4.30. The van der Waals surface area contributed by atoms with E-state index in [1.54, 1.807) is 0 Å². The van der Waals surface area contributed by atoms with Gasteiger partial charge in [0.25, 0.3) is 0 Å². The summed E-state index contributed by atoms with van der Waals surface area (Å²) in [5.74, 6) is -2.28. The summed E-state index contributed by atoms with van der Waals surface area (Å²) in [5, 5.41) is 0. The summed E-state index contributed by atoms with van der Waals surface area (Å²) in [7, 11) is -3.04. The smallest absolute Gasteiger partial charge is 0.409 e. The van der Waals surface area contributed by atoms with Crippen LogP contribution in [0, 0.1) is 11.6 Å². The lowest BCUT2D eigenvalue weighted by Crippen LogP contribution is -2.46. The van der Waals surface area contributed by atoms with Crippen molar-refractivity contribution in [2.75, 3.05) is 20.2 Å². The van der Waals surface area contributed by atoms with Crippen molar-refractivity contribution in [3.8, 4) is 0 Å². The average Bonchev–Trinajstić information content (AvgIpc) is 2.46. The molecule has 0 unspecified atom stereocenters. The fourth-order valence-corrected chi connectivity index (χ4v) is 3.77. The maximum absolute atomic E-state index is 13.6. The Labute approximate surface area is 127 Å². The predicted octanol–water partition coefficient (Wildman–Crippen LogP) is 1.47. The molecule has 1 aromatic carbocycles. The molecule has 1 heterocycles. The van der Waals surface area contributed by atoms with E-state index in [-0.39, 0.29) is 0 Å². The maximum atomic E-state index is 13.6. The van der Waals surface area contributed by atoms with Gasteiger partial charge in [-0.15, -0.1) is 0 Å². The van der Waals surface area contributed by atoms with Crippen molar-refractivity contribution < 1.29 is 26.7 Å². The largest absolute Gasteiger partial charge is 0.453 e. The molecule has 0 saturated carbocycles. The number of amides is 1. The average molecular weight is 334 g/mol. The quantitative estimate of drug-likeness (QED) is 0.908. The molecule has 2 rings (SSSR count). The van der Waals surface area contributed by atoms with Crippen molar-refractivity contribution in [2.45, 2.75) is 23.8 Å². The molecular weight excluding hydrogens is 318 g/mol. The van der Waals surface area contributed by atoms with Gasteiger partial charge in [0.15, 0.2) is 4.90 Å². The second-order valence-electron chi connectivity index (χ2n) is 4.90. The highest BCUT2D eigenvalue weighted by molar-refractivity contribution is 7.89. The molecule has 9 heteroatoms. The zero-order chi connectivity index (χ0) is 16.3. The third-order valence-corrected chi connectivity index (χ3v) is 5.01. The van der Waals surface area contributed by atoms with Gasteiger partial charge in [0, 0.05) is 19.1 Å². The van der Waals surface area contributed by atoms with E-state index in [9.17, 15) is 22.0 Å². The number of nitrogens with zero attached hydrogens (tertiary/aromatic N) is 1. The molecule has 1 fully saturated rings. The normalized spacial score (nSPS) is 16.6. The summed E-state index contributed by atoms with van der Waals surface area (Å²) in [4.78, 5) is 11.8. The lowest BCUT2D eigenvalue weighted by atomic mass is 10.1. The first-order valence-electron chi connectivity index (χ1n) is 6.64. The molecule has 1 saturated heterocycles. The second-order valence-corrected chi connectivity index (χ2v) is 6.55. The topological polar surface area (TPSA) is 75.7 Å². The molecule has 1 aliphatic rings. The lowest BCUT2D eigenvalue weighted by Gasteiger charge is -2.31. The van der Waals surface area contributed by atoms with Crippen LogP contribution in [0.5, 0.6) is 0 Å². The van der Waals surface area contributed by atoms with E-state index >= 15 is 0 Å². The van der Waals surface area contributed by atoms with E-state index in [4.69, 9.17) is 0 Å². The fraction of sp³-hybridized carbons (Fsp3) is 0.462. The summed E-state index contributed by atoms with van der Waals surface area (Å²) in [5.41, 5.74) is 0. The summed E-state index contributed by atoms with van der Waals surface area (Å²) in [6.07, 6.45) is 0.191. The van der Waals surface area contributed by atoms with Crippen molar-refractivity contribution in [1.82, 2.24) is 9.62 Å². The van der Waals surface area contributed by atoms with Crippen LogP contribution in [-0.2, 0) is 14.8 Å². The van der Waals surface area contributed by atoms with Gasteiger partial charge < -0.3 is 9.64 Å². The Morgan fingerprint density at radius 3 is 2.32 bits per heavy atom. The van der Waals surface area contributed by atoms with Crippen LogP contribution < -0.4 is 4.72 Å². The number of piperidine rings is 1. The van der Waals surface area contributed by atoms with Gasteiger partial charge in [-0.05, 0) is 25.0 Å². The number of hydrogen-bond acceptors (Lipinski definition) is 4. The summed E-state index contributed by atoms with van der Waals surface area (Å²) >= 11 is 0. The van der Waals surface area contributed by atoms with Crippen molar-refractivity contribution in [1.29, 1.82) is 0 Å². The van der Waals surface area contributed by atoms with Crippen LogP contribution in [-0.4, -0.2) is 45.7 Å². The molecule has 6 nitrogen and oxygen atoms in total. The Balaban J connectivity index is 2.07. The number of hydrogen-bond donors (Lipinski definition) is 1. The molecule has 1 aliphatic heterocycles. The molecular formula is C13H16F2N2O4S. The molecule has 0 aromatic heterocycles. The monoisotopic (exact) mass is 334 g/mol. The van der Waals surface area contributed by atoms with Crippen molar-refractivity contribution >= 4 is 16.1 Å². The number of sulfonamides is 1. The van der Waals surface area contributed by atoms with Crippen LogP contribution in [0.3, 0.4) is 0 Å². The minimum absolute atomic E-state index is 0.305. The van der Waals surface area contributed by atoms with Gasteiger partial charge in [-0.2, -0.15) is 0 Å². The van der Waals surface area contributed by atoms with Crippen LogP contribution in [0.1, 0.15) is 12.8 Å². The fourth-order valence-electron chi connectivity index (χ4n) is 2.33. The van der Waals surface area contributed by atoms with Crippen molar-refractivity contribution in [3.63, 3.8) is 0 Å². The number of carbonyl (C=O) groups excluding carboxylic acids is 1. The number of halogens is 2. The van der Waals surface area contributed by atoms with E-state index in [0.717, 1.165) is 18.2 Å². The van der Waals surface area contributed by atoms with Gasteiger partial charge in [-0.1, -0.05) is 6.07 Å². The van der Waals surface area contributed by atoms with E-state index < -0.39 is 38.7 Å². The second kappa shape index (κ2) is 6.57. The van der Waals surface area contributed by atoms with Crippen LogP contribution in [0.25, 0.3) is 0 Å². The number of nitrogens with one attached hydrogen (secondary N) is 1. The molecule has 1 aromatic rings. The van der Waals surface area contributed by atoms with Gasteiger partial charge in [-0.25, -0.2) is 26.7 Å². The summed E-state index contributed by atoms with van der Waals surface area (Å²) in [6, 6.07) is 2.37. The zero-order valence-corrected chi connectivity index (χ0v) is 12.7. The van der Waals surface area contributed by atoms with Crippen LogP contribution in [0.4, 0.5) is 13.6 Å². The van der Waals surface area contributed by atoms with Crippen LogP contribution in [0.2, 0.25) is 0 Å². The molecule has 0 bridgehead atoms. The van der Waals surface area contributed by atoms with E-state index in [0.29, 0.717) is 25.9 Å². The molecule has 0 spiro atoms. The Morgan fingerprint density at radius 2 is 1.82 bits per heavy atom. The number of likely N-dealkylation sites (tertiary alicyclic amines) is 1. The van der Waals surface area contributed by atoms with Gasteiger partial charge in [0.05, 0.1) is 7.11 Å². The lowest BCUT2D eigenvalue weighted by molar-refractivity contribution is 0.111. The minimum Gasteiger partial charge on any atom is -0.453 e. The standard InChI is InChI=1S/C13H16F2N2O4S/c1-21-13(18)17-7-5-9(6-8-17)16-22(19,20)12-10(14)3-2-4-11(12)15/h2-4,9,16H,5-8H2,1H3. The van der Waals surface area contributed by atoms with Crippen molar-refractivity contribution in [3.05, 3.63) is 29.8 Å². The predicted molar refractivity (Wildman–Crippen MR) is 73.7 cm³/mol. The molecule has 1 N–H and O–H groups in total. The summed E-state index contributed by atoms with van der Waals surface area (Å²) in [6.45, 7) is 0.610. The van der Waals surface area contributed by atoms with E-state index in [2.05, 4.69) is 9.46 Å². The first kappa shape index (κ1) is 16.6. The van der Waals surface area contributed by atoms with Gasteiger partial charge >= 0.3 is 6.09 Å². The Morgan fingerprint density at radius 1 is 1.27 bits per heavy atom. The highest BCUT2D eigenvalue weighted by atomic mass is 32.2. The van der Waals surface area contributed by atoms with Crippen LogP contribution in [0.15, 0.2) is 23.1 Å². The Hall–Kier alpha value is -1.74. The summed E-state index contributed by atoms with van der Waals surface area (Å²) < 4.78 is 58.3. The van der Waals surface area contributed by atoms with Gasteiger partial charge in [-0.3, -0.25) is 0 Å². The molecule has 22 heavy (non-hydrogen) atoms. The number of ether oxygens (including phenoxy) is 1. The zero-order valence-electron chi connectivity index (χ0n) is 11.9. The first-order valence-corrected chi connectivity index (χ1v) is 8.12. The Bertz CT molecular complexity index is 638. The van der Waals surface area contributed by atoms with E-state index in [1.807, 2.05) is 0 Å². The van der Waals surface area contributed by atoms with Gasteiger partial charge in [0.1, 0.15) is 11.6 Å². The molecule has 0 atom stereocenters. The Kier molecular flexibility index (Phi) is 4.97. The van der Waals surface area contributed by atoms with Crippen molar-refractivity contribution in [2.24, 2.45) is 0 Å². The number of methoxy groups -OCH3 is 1. The SMILES string of the molecule is COC(=O)N1CCC(NS(=O)(=O)c2c(F)cccc2F)CC1. The molecule has 122 valence electrons. The highest BCUT2D eigenvalue weighted by Gasteiger charge is 2.30. The van der Waals surface area contributed by atoms with Gasteiger partial charge in [0.2, 0.25) is 10.0 Å². The van der Waals surface area contributed by atoms with E-state index in [1.165, 1.54) is 12.0 Å². The third kappa shape index (κ3) is 3.53.